The second-order valence-corrected chi connectivity index (χ2v) is 6.70. The number of hydrogen-bond donors (Lipinski definition) is 2. The summed E-state index contributed by atoms with van der Waals surface area (Å²) in [7, 11) is 0. The van der Waals surface area contributed by atoms with Crippen molar-refractivity contribution in [2.24, 2.45) is 0 Å². The number of halogens is 1. The maximum absolute atomic E-state index is 12.8. The van der Waals surface area contributed by atoms with Crippen LogP contribution in [0.4, 0.5) is 0 Å². The molecular formula is C16H11ClN2O5S. The van der Waals surface area contributed by atoms with Gasteiger partial charge in [0, 0.05) is 10.6 Å². The summed E-state index contributed by atoms with van der Waals surface area (Å²) >= 11 is 6.75. The molecule has 1 aromatic carbocycles. The minimum Gasteiger partial charge on any atom is -0.480 e. The van der Waals surface area contributed by atoms with Crippen molar-refractivity contribution in [1.29, 1.82) is 0 Å². The third-order valence-corrected chi connectivity index (χ3v) is 5.07. The van der Waals surface area contributed by atoms with Crippen molar-refractivity contribution in [3.8, 4) is 11.4 Å². The number of rotatable bonds is 4. The average Bonchev–Trinajstić information content (AvgIpc) is 2.88. The second kappa shape index (κ2) is 6.30. The van der Waals surface area contributed by atoms with E-state index in [4.69, 9.17) is 16.7 Å². The number of thiophene rings is 1. The van der Waals surface area contributed by atoms with Gasteiger partial charge in [-0.15, -0.1) is 11.3 Å². The van der Waals surface area contributed by atoms with Crippen LogP contribution in [0.2, 0.25) is 5.02 Å². The molecule has 0 saturated heterocycles. The first kappa shape index (κ1) is 17.1. The Morgan fingerprint density at radius 3 is 2.44 bits per heavy atom. The first-order chi connectivity index (χ1) is 11.8. The lowest BCUT2D eigenvalue weighted by Gasteiger charge is -2.11. The molecule has 0 saturated carbocycles. The van der Waals surface area contributed by atoms with Gasteiger partial charge < -0.3 is 10.2 Å². The summed E-state index contributed by atoms with van der Waals surface area (Å²) in [6.45, 7) is 0.926. The third kappa shape index (κ3) is 3.01. The zero-order valence-electron chi connectivity index (χ0n) is 12.8. The van der Waals surface area contributed by atoms with Crippen molar-refractivity contribution in [2.45, 2.75) is 13.5 Å². The Kier molecular flexibility index (Phi) is 4.32. The number of fused-ring (bicyclic) bond motifs is 1. The lowest BCUT2D eigenvalue weighted by atomic mass is 10.1. The Bertz CT molecular complexity index is 1070. The quantitative estimate of drug-likeness (QED) is 0.722. The number of carboxylic acid groups (broad SMARTS) is 2. The van der Waals surface area contributed by atoms with E-state index in [2.05, 4.69) is 4.98 Å². The van der Waals surface area contributed by atoms with E-state index >= 15 is 0 Å². The number of nitrogens with zero attached hydrogens (tertiary/aromatic N) is 2. The van der Waals surface area contributed by atoms with Crippen molar-refractivity contribution < 1.29 is 19.8 Å². The zero-order valence-corrected chi connectivity index (χ0v) is 14.4. The summed E-state index contributed by atoms with van der Waals surface area (Å²) in [5.41, 5.74) is 0.206. The van der Waals surface area contributed by atoms with E-state index in [9.17, 15) is 19.5 Å². The predicted octanol–water partition coefficient (Wildman–Crippen LogP) is 2.87. The van der Waals surface area contributed by atoms with Crippen LogP contribution in [0, 0.1) is 6.92 Å². The highest BCUT2D eigenvalue weighted by atomic mass is 35.5. The highest BCUT2D eigenvalue weighted by molar-refractivity contribution is 7.20. The number of hydrogen-bond acceptors (Lipinski definition) is 5. The summed E-state index contributed by atoms with van der Waals surface area (Å²) in [5.74, 6) is -2.21. The van der Waals surface area contributed by atoms with E-state index in [0.717, 1.165) is 15.9 Å². The lowest BCUT2D eigenvalue weighted by Crippen LogP contribution is -2.27. The van der Waals surface area contributed by atoms with E-state index in [1.54, 1.807) is 24.3 Å². The van der Waals surface area contributed by atoms with Gasteiger partial charge in [0.05, 0.1) is 5.39 Å². The SMILES string of the molecule is Cc1c(C(=O)O)sc2nc(-c3ccc(Cl)cc3)n(CC(=O)O)c(=O)c12. The monoisotopic (exact) mass is 378 g/mol. The molecule has 2 N–H and O–H groups in total. The van der Waals surface area contributed by atoms with Gasteiger partial charge in [0.25, 0.3) is 5.56 Å². The van der Waals surface area contributed by atoms with Crippen LogP contribution in [0.5, 0.6) is 0 Å². The van der Waals surface area contributed by atoms with Gasteiger partial charge in [-0.2, -0.15) is 0 Å². The molecule has 0 fully saturated rings. The van der Waals surface area contributed by atoms with Gasteiger partial charge >= 0.3 is 11.9 Å². The number of aromatic nitrogens is 2. The summed E-state index contributed by atoms with van der Waals surface area (Å²) in [6.07, 6.45) is 0. The predicted molar refractivity (Wildman–Crippen MR) is 93.7 cm³/mol. The fourth-order valence-electron chi connectivity index (χ4n) is 2.52. The topological polar surface area (TPSA) is 109 Å². The molecule has 0 aliphatic heterocycles. The van der Waals surface area contributed by atoms with Crippen molar-refractivity contribution in [1.82, 2.24) is 9.55 Å². The minimum absolute atomic E-state index is 0.00901. The Balaban J connectivity index is 2.38. The number of aromatic carboxylic acids is 1. The molecule has 2 aromatic heterocycles. The van der Waals surface area contributed by atoms with Crippen LogP contribution in [-0.4, -0.2) is 31.7 Å². The lowest BCUT2D eigenvalue weighted by molar-refractivity contribution is -0.137. The second-order valence-electron chi connectivity index (χ2n) is 5.27. The molecule has 7 nitrogen and oxygen atoms in total. The Hall–Kier alpha value is -2.71. The summed E-state index contributed by atoms with van der Waals surface area (Å²) < 4.78 is 1.03. The summed E-state index contributed by atoms with van der Waals surface area (Å²) in [4.78, 5) is 40.0. The fourth-order valence-corrected chi connectivity index (χ4v) is 3.66. The molecule has 0 amide bonds. The van der Waals surface area contributed by atoms with E-state index < -0.39 is 24.0 Å². The molecule has 2 heterocycles. The van der Waals surface area contributed by atoms with Gasteiger partial charge in [0.15, 0.2) is 0 Å². The summed E-state index contributed by atoms with van der Waals surface area (Å²) in [5, 5.41) is 19.0. The van der Waals surface area contributed by atoms with Crippen molar-refractivity contribution in [2.75, 3.05) is 0 Å². The molecular weight excluding hydrogens is 368 g/mol. The Morgan fingerprint density at radius 2 is 1.88 bits per heavy atom. The highest BCUT2D eigenvalue weighted by Crippen LogP contribution is 2.29. The molecule has 0 atom stereocenters. The van der Waals surface area contributed by atoms with Gasteiger partial charge in [-0.3, -0.25) is 14.2 Å². The molecule has 25 heavy (non-hydrogen) atoms. The molecule has 9 heteroatoms. The number of benzene rings is 1. The maximum Gasteiger partial charge on any atom is 0.346 e. The molecule has 3 rings (SSSR count). The standard InChI is InChI=1S/C16H11ClN2O5S/c1-7-11-14(25-12(7)16(23)24)18-13(8-2-4-9(17)5-3-8)19(15(11)22)6-10(20)21/h2-5H,6H2,1H3,(H,20,21)(H,23,24). The fraction of sp³-hybridized carbons (Fsp3) is 0.125. The van der Waals surface area contributed by atoms with E-state index in [-0.39, 0.29) is 26.5 Å². The first-order valence-corrected chi connectivity index (χ1v) is 8.24. The number of aryl methyl sites for hydroxylation is 1. The van der Waals surface area contributed by atoms with Gasteiger partial charge in [0.2, 0.25) is 0 Å². The normalized spacial score (nSPS) is 11.0. The van der Waals surface area contributed by atoms with Crippen LogP contribution < -0.4 is 5.56 Å². The average molecular weight is 379 g/mol. The molecule has 0 bridgehead atoms. The van der Waals surface area contributed by atoms with E-state index in [1.807, 2.05) is 0 Å². The smallest absolute Gasteiger partial charge is 0.346 e. The van der Waals surface area contributed by atoms with Crippen LogP contribution in [0.3, 0.4) is 0 Å². The van der Waals surface area contributed by atoms with E-state index in [0.29, 0.717) is 10.6 Å². The molecule has 0 spiro atoms. The van der Waals surface area contributed by atoms with E-state index in [1.165, 1.54) is 6.92 Å². The van der Waals surface area contributed by atoms with Crippen LogP contribution in [0.25, 0.3) is 21.6 Å². The number of aliphatic carboxylic acids is 1. The highest BCUT2D eigenvalue weighted by Gasteiger charge is 2.22. The minimum atomic E-state index is -1.20. The van der Waals surface area contributed by atoms with Crippen LogP contribution >= 0.6 is 22.9 Å². The molecule has 0 aliphatic carbocycles. The maximum atomic E-state index is 12.8. The van der Waals surface area contributed by atoms with Gasteiger partial charge in [-0.05, 0) is 36.8 Å². The molecule has 3 aromatic rings. The van der Waals surface area contributed by atoms with Crippen LogP contribution in [0.15, 0.2) is 29.1 Å². The van der Waals surface area contributed by atoms with Crippen molar-refractivity contribution >= 4 is 45.1 Å². The van der Waals surface area contributed by atoms with Crippen molar-refractivity contribution in [3.05, 3.63) is 50.1 Å². The van der Waals surface area contributed by atoms with Crippen molar-refractivity contribution in [3.63, 3.8) is 0 Å². The molecule has 128 valence electrons. The number of carboxylic acids is 2. The Labute approximate surface area is 149 Å². The zero-order chi connectivity index (χ0) is 18.3. The first-order valence-electron chi connectivity index (χ1n) is 7.04. The van der Waals surface area contributed by atoms with Crippen LogP contribution in [0.1, 0.15) is 15.2 Å². The van der Waals surface area contributed by atoms with Gasteiger partial charge in [-0.25, -0.2) is 9.78 Å². The molecule has 0 aliphatic rings. The van der Waals surface area contributed by atoms with Crippen LogP contribution in [-0.2, 0) is 11.3 Å². The van der Waals surface area contributed by atoms with Gasteiger partial charge in [-0.1, -0.05) is 11.6 Å². The largest absolute Gasteiger partial charge is 0.480 e. The molecule has 0 unspecified atom stereocenters. The Morgan fingerprint density at radius 1 is 1.24 bits per heavy atom. The third-order valence-electron chi connectivity index (χ3n) is 3.64. The van der Waals surface area contributed by atoms with Gasteiger partial charge in [0.1, 0.15) is 22.1 Å². The summed E-state index contributed by atoms with van der Waals surface area (Å²) in [6, 6.07) is 6.43. The number of carbonyl (C=O) groups is 2. The molecule has 0 radical (unpaired) electrons.